The minimum Gasteiger partial charge on any atom is -0.380 e. The van der Waals surface area contributed by atoms with Crippen molar-refractivity contribution in [3.63, 3.8) is 0 Å². The van der Waals surface area contributed by atoms with Crippen molar-refractivity contribution in [1.29, 1.82) is 0 Å². The third-order valence-electron chi connectivity index (χ3n) is 3.33. The molecule has 0 radical (unpaired) electrons. The number of sulfonamides is 1. The summed E-state index contributed by atoms with van der Waals surface area (Å²) in [5, 5.41) is 5.10. The van der Waals surface area contributed by atoms with E-state index in [1.54, 1.807) is 11.4 Å². The highest BCUT2D eigenvalue weighted by atomic mass is 32.2. The van der Waals surface area contributed by atoms with E-state index in [0.29, 0.717) is 24.2 Å². The molecule has 1 aliphatic carbocycles. The Balaban J connectivity index is 1.62. The van der Waals surface area contributed by atoms with Crippen molar-refractivity contribution in [2.75, 3.05) is 13.2 Å². The predicted molar refractivity (Wildman–Crippen MR) is 73.7 cm³/mol. The zero-order chi connectivity index (χ0) is 13.3. The summed E-state index contributed by atoms with van der Waals surface area (Å²) in [4.78, 5) is 1.44. The SMILES string of the molecule is O=S(=O)(NC1CCOC1)c1csc(CNC2CC2)c1. The highest BCUT2D eigenvalue weighted by molar-refractivity contribution is 7.89. The van der Waals surface area contributed by atoms with Crippen molar-refractivity contribution < 1.29 is 13.2 Å². The van der Waals surface area contributed by atoms with E-state index in [4.69, 9.17) is 4.74 Å². The summed E-state index contributed by atoms with van der Waals surface area (Å²) in [6, 6.07) is 2.31. The number of hydrogen-bond donors (Lipinski definition) is 2. The van der Waals surface area contributed by atoms with Gasteiger partial charge in [0, 0.05) is 35.5 Å². The number of rotatable bonds is 6. The van der Waals surface area contributed by atoms with Crippen LogP contribution in [0, 0.1) is 0 Å². The van der Waals surface area contributed by atoms with Crippen molar-refractivity contribution in [2.45, 2.75) is 42.8 Å². The molecule has 0 amide bonds. The van der Waals surface area contributed by atoms with Gasteiger partial charge in [0.15, 0.2) is 0 Å². The summed E-state index contributed by atoms with van der Waals surface area (Å²) in [5.41, 5.74) is 0. The highest BCUT2D eigenvalue weighted by Gasteiger charge is 2.25. The molecule has 0 bridgehead atoms. The van der Waals surface area contributed by atoms with Gasteiger partial charge in [-0.2, -0.15) is 0 Å². The normalized spacial score (nSPS) is 23.9. The monoisotopic (exact) mass is 302 g/mol. The van der Waals surface area contributed by atoms with Gasteiger partial charge in [0.2, 0.25) is 10.0 Å². The number of thiophene rings is 1. The molecule has 19 heavy (non-hydrogen) atoms. The second-order valence-corrected chi connectivity index (χ2v) is 7.80. The summed E-state index contributed by atoms with van der Waals surface area (Å²) < 4.78 is 32.2. The molecule has 2 N–H and O–H groups in total. The molecule has 1 atom stereocenters. The first kappa shape index (κ1) is 13.5. The standard InChI is InChI=1S/C12H18N2O3S2/c15-19(16,14-10-3-4-17-7-10)12-5-11(18-8-12)6-13-9-1-2-9/h5,8-10,13-14H,1-4,6-7H2. The van der Waals surface area contributed by atoms with E-state index < -0.39 is 10.0 Å². The second kappa shape index (κ2) is 5.49. The third-order valence-corrected chi connectivity index (χ3v) is 5.92. The van der Waals surface area contributed by atoms with Crippen molar-refractivity contribution in [3.05, 3.63) is 16.3 Å². The molecule has 0 spiro atoms. The minimum absolute atomic E-state index is 0.0852. The van der Waals surface area contributed by atoms with E-state index in [9.17, 15) is 8.42 Å². The fourth-order valence-electron chi connectivity index (χ4n) is 2.04. The maximum absolute atomic E-state index is 12.2. The van der Waals surface area contributed by atoms with Crippen molar-refractivity contribution in [2.24, 2.45) is 0 Å². The molecule has 3 rings (SSSR count). The van der Waals surface area contributed by atoms with Gasteiger partial charge in [-0.1, -0.05) is 0 Å². The van der Waals surface area contributed by atoms with Crippen molar-refractivity contribution in [3.8, 4) is 0 Å². The molecule has 1 saturated heterocycles. The Hall–Kier alpha value is -0.470. The minimum atomic E-state index is -3.39. The van der Waals surface area contributed by atoms with E-state index >= 15 is 0 Å². The number of hydrogen-bond acceptors (Lipinski definition) is 5. The molecular formula is C12H18N2O3S2. The van der Waals surface area contributed by atoms with Gasteiger partial charge in [0.25, 0.3) is 0 Å². The van der Waals surface area contributed by atoms with Crippen LogP contribution in [0.2, 0.25) is 0 Å². The van der Waals surface area contributed by atoms with Crippen LogP contribution in [0.1, 0.15) is 24.1 Å². The molecule has 2 heterocycles. The Morgan fingerprint density at radius 3 is 2.84 bits per heavy atom. The quantitative estimate of drug-likeness (QED) is 0.825. The smallest absolute Gasteiger partial charge is 0.241 e. The molecule has 2 fully saturated rings. The lowest BCUT2D eigenvalue weighted by molar-refractivity contribution is 0.192. The molecule has 1 unspecified atom stereocenters. The zero-order valence-electron chi connectivity index (χ0n) is 10.6. The Bertz CT molecular complexity index is 531. The Labute approximate surface area is 117 Å². The number of nitrogens with one attached hydrogen (secondary N) is 2. The predicted octanol–water partition coefficient (Wildman–Crippen LogP) is 1.07. The molecule has 1 saturated carbocycles. The summed E-state index contributed by atoms with van der Waals surface area (Å²) in [6.45, 7) is 1.87. The van der Waals surface area contributed by atoms with Gasteiger partial charge >= 0.3 is 0 Å². The second-order valence-electron chi connectivity index (χ2n) is 5.09. The van der Waals surface area contributed by atoms with Gasteiger partial charge < -0.3 is 10.1 Å². The zero-order valence-corrected chi connectivity index (χ0v) is 12.2. The van der Waals surface area contributed by atoms with Crippen LogP contribution >= 0.6 is 11.3 Å². The largest absolute Gasteiger partial charge is 0.380 e. The van der Waals surface area contributed by atoms with Crippen molar-refractivity contribution >= 4 is 21.4 Å². The van der Waals surface area contributed by atoms with Crippen LogP contribution in [0.15, 0.2) is 16.3 Å². The molecule has 106 valence electrons. The van der Waals surface area contributed by atoms with Gasteiger partial charge in [0.05, 0.1) is 11.5 Å². The average Bonchev–Trinajstić information content (AvgIpc) is 2.87. The molecule has 7 heteroatoms. The van der Waals surface area contributed by atoms with Crippen LogP contribution in [0.5, 0.6) is 0 Å². The molecule has 5 nitrogen and oxygen atoms in total. The number of ether oxygens (including phenoxy) is 1. The molecule has 1 aliphatic heterocycles. The van der Waals surface area contributed by atoms with Gasteiger partial charge in [-0.05, 0) is 25.3 Å². The highest BCUT2D eigenvalue weighted by Crippen LogP contribution is 2.23. The average molecular weight is 302 g/mol. The van der Waals surface area contributed by atoms with Crippen LogP contribution in [0.3, 0.4) is 0 Å². The first-order valence-corrected chi connectivity index (χ1v) is 8.91. The van der Waals surface area contributed by atoms with Crippen LogP contribution in [0.25, 0.3) is 0 Å². The Kier molecular flexibility index (Phi) is 3.91. The van der Waals surface area contributed by atoms with E-state index in [-0.39, 0.29) is 6.04 Å². The van der Waals surface area contributed by atoms with Crippen LogP contribution in [-0.2, 0) is 21.3 Å². The maximum atomic E-state index is 12.2. The maximum Gasteiger partial charge on any atom is 0.241 e. The fraction of sp³-hybridized carbons (Fsp3) is 0.667. The lowest BCUT2D eigenvalue weighted by Gasteiger charge is -2.09. The molecule has 1 aromatic rings. The van der Waals surface area contributed by atoms with E-state index in [1.165, 1.54) is 24.2 Å². The van der Waals surface area contributed by atoms with Crippen molar-refractivity contribution in [1.82, 2.24) is 10.0 Å². The lowest BCUT2D eigenvalue weighted by atomic mass is 10.3. The first-order valence-electron chi connectivity index (χ1n) is 6.54. The Morgan fingerprint density at radius 1 is 1.32 bits per heavy atom. The fourth-order valence-corrected chi connectivity index (χ4v) is 4.52. The van der Waals surface area contributed by atoms with E-state index in [0.717, 1.165) is 17.8 Å². The Morgan fingerprint density at radius 2 is 2.16 bits per heavy atom. The third kappa shape index (κ3) is 3.55. The molecular weight excluding hydrogens is 284 g/mol. The summed E-state index contributed by atoms with van der Waals surface area (Å²) in [7, 11) is -3.39. The lowest BCUT2D eigenvalue weighted by Crippen LogP contribution is -2.34. The van der Waals surface area contributed by atoms with Gasteiger partial charge in [-0.15, -0.1) is 11.3 Å². The van der Waals surface area contributed by atoms with Crippen LogP contribution < -0.4 is 10.0 Å². The first-order chi connectivity index (χ1) is 9.13. The topological polar surface area (TPSA) is 67.4 Å². The van der Waals surface area contributed by atoms with Crippen LogP contribution in [-0.4, -0.2) is 33.7 Å². The van der Waals surface area contributed by atoms with Gasteiger partial charge in [0.1, 0.15) is 0 Å². The summed E-state index contributed by atoms with van der Waals surface area (Å²) in [5.74, 6) is 0. The van der Waals surface area contributed by atoms with E-state index in [1.807, 2.05) is 0 Å². The van der Waals surface area contributed by atoms with Gasteiger partial charge in [-0.3, -0.25) is 0 Å². The van der Waals surface area contributed by atoms with E-state index in [2.05, 4.69) is 10.0 Å². The van der Waals surface area contributed by atoms with Crippen LogP contribution in [0.4, 0.5) is 0 Å². The summed E-state index contributed by atoms with van der Waals surface area (Å²) in [6.07, 6.45) is 3.22. The molecule has 0 aromatic carbocycles. The van der Waals surface area contributed by atoms with Gasteiger partial charge in [-0.25, -0.2) is 13.1 Å². The molecule has 2 aliphatic rings. The molecule has 1 aromatic heterocycles. The summed E-state index contributed by atoms with van der Waals surface area (Å²) >= 11 is 1.49.